The number of hydrogen-bond acceptors (Lipinski definition) is 2. The van der Waals surface area contributed by atoms with E-state index in [-0.39, 0.29) is 0 Å². The minimum absolute atomic E-state index is 0.666. The molecule has 0 amide bonds. The number of benzene rings is 9. The van der Waals surface area contributed by atoms with E-state index in [0.717, 1.165) is 67.1 Å². The third kappa shape index (κ3) is 6.78. The second-order valence-corrected chi connectivity index (χ2v) is 15.4. The van der Waals surface area contributed by atoms with Gasteiger partial charge in [-0.2, -0.15) is 0 Å². The smallest absolute Gasteiger partial charge is 0.160 e. The Balaban J connectivity index is 1.18. The van der Waals surface area contributed by atoms with Gasteiger partial charge in [-0.25, -0.2) is 9.97 Å². The van der Waals surface area contributed by atoms with Crippen molar-refractivity contribution in [3.63, 3.8) is 0 Å². The molecule has 2 aromatic heterocycles. The molecule has 9 aromatic carbocycles. The van der Waals surface area contributed by atoms with Crippen molar-refractivity contribution >= 4 is 21.8 Å². The molecule has 11 rings (SSSR count). The molecule has 0 bridgehead atoms. The van der Waals surface area contributed by atoms with Gasteiger partial charge in [-0.1, -0.05) is 200 Å². The molecule has 3 heteroatoms. The Morgan fingerprint density at radius 3 is 1.21 bits per heavy atom. The Labute approximate surface area is 355 Å². The van der Waals surface area contributed by atoms with E-state index in [2.05, 4.69) is 235 Å². The van der Waals surface area contributed by atoms with Gasteiger partial charge in [0.1, 0.15) is 0 Å². The number of aromatic nitrogens is 3. The molecular formula is C58H39N3. The average Bonchev–Trinajstić information content (AvgIpc) is 3.68. The molecule has 3 nitrogen and oxygen atoms in total. The summed E-state index contributed by atoms with van der Waals surface area (Å²) in [5.41, 5.74) is 17.3. The van der Waals surface area contributed by atoms with Crippen LogP contribution in [-0.2, 0) is 0 Å². The van der Waals surface area contributed by atoms with Crippen molar-refractivity contribution < 1.29 is 0 Å². The summed E-state index contributed by atoms with van der Waals surface area (Å²) in [7, 11) is 0. The maximum atomic E-state index is 5.38. The lowest BCUT2D eigenvalue weighted by Gasteiger charge is -2.21. The fourth-order valence-corrected chi connectivity index (χ4v) is 8.65. The lowest BCUT2D eigenvalue weighted by Crippen LogP contribution is -2.03. The quantitative estimate of drug-likeness (QED) is 0.154. The van der Waals surface area contributed by atoms with Gasteiger partial charge in [0.25, 0.3) is 0 Å². The summed E-state index contributed by atoms with van der Waals surface area (Å²) in [5.74, 6) is 0.666. The fraction of sp³-hybridized carbons (Fsp3) is 0. The van der Waals surface area contributed by atoms with E-state index in [1.165, 1.54) is 33.0 Å². The van der Waals surface area contributed by atoms with Crippen LogP contribution < -0.4 is 0 Å². The van der Waals surface area contributed by atoms with Crippen LogP contribution in [0.1, 0.15) is 0 Å². The van der Waals surface area contributed by atoms with E-state index >= 15 is 0 Å². The first-order valence-electron chi connectivity index (χ1n) is 20.7. The van der Waals surface area contributed by atoms with Crippen molar-refractivity contribution in [2.24, 2.45) is 0 Å². The molecule has 0 N–H and O–H groups in total. The lowest BCUT2D eigenvalue weighted by atomic mass is 9.92. The second-order valence-electron chi connectivity index (χ2n) is 15.4. The highest BCUT2D eigenvalue weighted by molar-refractivity contribution is 6.12. The summed E-state index contributed by atoms with van der Waals surface area (Å²) in [4.78, 5) is 10.7. The zero-order chi connectivity index (χ0) is 40.5. The number of fused-ring (bicyclic) bond motifs is 3. The van der Waals surface area contributed by atoms with E-state index in [1.807, 2.05) is 6.07 Å². The van der Waals surface area contributed by atoms with Gasteiger partial charge in [0.2, 0.25) is 0 Å². The van der Waals surface area contributed by atoms with Crippen LogP contribution in [0.3, 0.4) is 0 Å². The van der Waals surface area contributed by atoms with Crippen molar-refractivity contribution in [3.8, 4) is 84.1 Å². The zero-order valence-corrected chi connectivity index (χ0v) is 33.4. The predicted molar refractivity (Wildman–Crippen MR) is 254 cm³/mol. The summed E-state index contributed by atoms with van der Waals surface area (Å²) in [6, 6.07) is 84.1. The molecule has 61 heavy (non-hydrogen) atoms. The van der Waals surface area contributed by atoms with Crippen LogP contribution in [0, 0.1) is 0 Å². The van der Waals surface area contributed by atoms with Gasteiger partial charge >= 0.3 is 0 Å². The van der Waals surface area contributed by atoms with Gasteiger partial charge in [-0.05, 0) is 69.8 Å². The van der Waals surface area contributed by atoms with E-state index in [1.54, 1.807) is 0 Å². The van der Waals surface area contributed by atoms with Gasteiger partial charge in [0, 0.05) is 38.6 Å². The summed E-state index contributed by atoms with van der Waals surface area (Å²) < 4.78 is 2.47. The summed E-state index contributed by atoms with van der Waals surface area (Å²) >= 11 is 0. The standard InChI is InChI=1S/C58H39N3/c1-6-18-40(19-7-1)42-30-32-46(33-31-42)54-39-53(45-26-14-5-15-27-45)59-58(60-54)48-37-50(43-22-10-3-11-23-43)57(51(38-48)44-24-12-4-13-25-44)61-55-29-17-16-28-49(55)52-36-47(34-35-56(52)61)41-20-8-2-9-21-41/h1-39H. The van der Waals surface area contributed by atoms with Crippen molar-refractivity contribution in [3.05, 3.63) is 237 Å². The first-order chi connectivity index (χ1) is 30.2. The molecule has 0 aliphatic carbocycles. The highest BCUT2D eigenvalue weighted by Gasteiger charge is 2.23. The molecule has 0 unspecified atom stereocenters. The normalized spacial score (nSPS) is 11.3. The summed E-state index contributed by atoms with van der Waals surface area (Å²) in [6.45, 7) is 0. The molecule has 0 radical (unpaired) electrons. The molecule has 286 valence electrons. The zero-order valence-electron chi connectivity index (χ0n) is 33.4. The molecule has 0 atom stereocenters. The molecule has 0 saturated carbocycles. The topological polar surface area (TPSA) is 30.7 Å². The minimum Gasteiger partial charge on any atom is -0.308 e. The van der Waals surface area contributed by atoms with Crippen LogP contribution in [-0.4, -0.2) is 14.5 Å². The largest absolute Gasteiger partial charge is 0.308 e. The predicted octanol–water partition coefficient (Wildman–Crippen LogP) is 15.2. The SMILES string of the molecule is c1ccc(-c2ccc(-c3cc(-c4ccccc4)nc(-c4cc(-c5ccccc5)c(-n5c6ccccc6c6cc(-c7ccccc7)ccc65)c(-c5ccccc5)c4)n3)cc2)cc1. The van der Waals surface area contributed by atoms with Gasteiger partial charge in [-0.15, -0.1) is 0 Å². The van der Waals surface area contributed by atoms with Gasteiger partial charge in [0.15, 0.2) is 5.82 Å². The number of rotatable bonds is 8. The molecule has 0 saturated heterocycles. The molecular weight excluding hydrogens is 739 g/mol. The highest BCUT2D eigenvalue weighted by atomic mass is 15.0. The maximum Gasteiger partial charge on any atom is 0.160 e. The maximum absolute atomic E-state index is 5.38. The molecule has 0 spiro atoms. The number of nitrogens with zero attached hydrogens (tertiary/aromatic N) is 3. The molecule has 2 heterocycles. The van der Waals surface area contributed by atoms with Crippen LogP contribution in [0.15, 0.2) is 237 Å². The van der Waals surface area contributed by atoms with Crippen LogP contribution in [0.5, 0.6) is 0 Å². The van der Waals surface area contributed by atoms with Crippen molar-refractivity contribution in [2.45, 2.75) is 0 Å². The fourth-order valence-electron chi connectivity index (χ4n) is 8.65. The molecule has 0 aliphatic heterocycles. The van der Waals surface area contributed by atoms with Crippen molar-refractivity contribution in [1.29, 1.82) is 0 Å². The van der Waals surface area contributed by atoms with Crippen LogP contribution in [0.25, 0.3) is 106 Å². The minimum atomic E-state index is 0.666. The van der Waals surface area contributed by atoms with E-state index in [0.29, 0.717) is 5.82 Å². The van der Waals surface area contributed by atoms with Crippen LogP contribution in [0.4, 0.5) is 0 Å². The molecule has 0 fully saturated rings. The number of hydrogen-bond donors (Lipinski definition) is 0. The Morgan fingerprint density at radius 1 is 0.262 bits per heavy atom. The highest BCUT2D eigenvalue weighted by Crippen LogP contribution is 2.44. The van der Waals surface area contributed by atoms with Gasteiger partial charge in [-0.3, -0.25) is 0 Å². The lowest BCUT2D eigenvalue weighted by molar-refractivity contribution is 1.17. The Hall–Kier alpha value is -8.14. The average molecular weight is 778 g/mol. The first-order valence-corrected chi connectivity index (χ1v) is 20.7. The van der Waals surface area contributed by atoms with Crippen molar-refractivity contribution in [1.82, 2.24) is 14.5 Å². The van der Waals surface area contributed by atoms with Gasteiger partial charge < -0.3 is 4.57 Å². The summed E-state index contributed by atoms with van der Waals surface area (Å²) in [6.07, 6.45) is 0. The first kappa shape index (κ1) is 36.0. The van der Waals surface area contributed by atoms with Crippen LogP contribution in [0.2, 0.25) is 0 Å². The number of para-hydroxylation sites is 1. The van der Waals surface area contributed by atoms with Gasteiger partial charge in [0.05, 0.1) is 28.1 Å². The Morgan fingerprint density at radius 2 is 0.656 bits per heavy atom. The van der Waals surface area contributed by atoms with Crippen LogP contribution >= 0.6 is 0 Å². The van der Waals surface area contributed by atoms with E-state index < -0.39 is 0 Å². The Kier molecular flexibility index (Phi) is 9.18. The Bertz CT molecular complexity index is 3240. The second kappa shape index (κ2) is 15.6. The molecule has 11 aromatic rings. The van der Waals surface area contributed by atoms with E-state index in [9.17, 15) is 0 Å². The third-order valence-electron chi connectivity index (χ3n) is 11.6. The van der Waals surface area contributed by atoms with E-state index in [4.69, 9.17) is 9.97 Å². The summed E-state index contributed by atoms with van der Waals surface area (Å²) in [5, 5.41) is 2.42. The third-order valence-corrected chi connectivity index (χ3v) is 11.6. The van der Waals surface area contributed by atoms with Crippen molar-refractivity contribution in [2.75, 3.05) is 0 Å². The monoisotopic (exact) mass is 777 g/mol. The molecule has 0 aliphatic rings.